The fourth-order valence-corrected chi connectivity index (χ4v) is 1.63. The molecule has 0 aromatic heterocycles. The van der Waals surface area contributed by atoms with E-state index in [0.29, 0.717) is 0 Å². The lowest BCUT2D eigenvalue weighted by Gasteiger charge is -2.37. The second-order valence-electron chi connectivity index (χ2n) is 2.87. The van der Waals surface area contributed by atoms with Crippen LogP contribution in [0.25, 0.3) is 0 Å². The van der Waals surface area contributed by atoms with Crippen molar-refractivity contribution < 1.29 is 19.8 Å². The molecule has 0 saturated heterocycles. The Morgan fingerprint density at radius 2 is 1.21 bits per heavy atom. The lowest BCUT2D eigenvalue weighted by molar-refractivity contribution is -0.155. The van der Waals surface area contributed by atoms with Crippen LogP contribution in [0.15, 0.2) is 0 Å². The van der Waals surface area contributed by atoms with Gasteiger partial charge < -0.3 is 21.7 Å². The third-order valence-corrected chi connectivity index (χ3v) is 3.06. The van der Waals surface area contributed by atoms with E-state index in [1.807, 2.05) is 0 Å². The molecule has 6 N–H and O–H groups in total. The van der Waals surface area contributed by atoms with Crippen molar-refractivity contribution in [1.29, 1.82) is 0 Å². The number of rotatable bonds is 5. The van der Waals surface area contributed by atoms with E-state index in [2.05, 4.69) is 25.3 Å². The molecular weight excluding hydrogens is 228 g/mol. The third-order valence-electron chi connectivity index (χ3n) is 2.06. The Balaban J connectivity index is 5.37. The molecule has 0 amide bonds. The molecule has 2 atom stereocenters. The zero-order chi connectivity index (χ0) is 11.6. The minimum absolute atomic E-state index is 0.397. The molecule has 8 heteroatoms. The average molecular weight is 240 g/mol. The van der Waals surface area contributed by atoms with E-state index in [0.717, 1.165) is 0 Å². The molecule has 6 nitrogen and oxygen atoms in total. The Labute approximate surface area is 91.5 Å². The first kappa shape index (κ1) is 13.6. The van der Waals surface area contributed by atoms with Crippen LogP contribution in [0.5, 0.6) is 0 Å². The quantitative estimate of drug-likeness (QED) is 0.322. The lowest BCUT2D eigenvalue weighted by atomic mass is 9.80. The Kier molecular flexibility index (Phi) is 4.25. The molecule has 0 rings (SSSR count). The third kappa shape index (κ3) is 1.83. The number of hydrogen-bond donors (Lipinski definition) is 6. The minimum Gasteiger partial charge on any atom is -0.480 e. The summed E-state index contributed by atoms with van der Waals surface area (Å²) in [6, 6.07) is 0. The highest BCUT2D eigenvalue weighted by molar-refractivity contribution is 7.80. The molecule has 0 aliphatic rings. The van der Waals surface area contributed by atoms with Crippen LogP contribution in [0.1, 0.15) is 0 Å². The second-order valence-corrected chi connectivity index (χ2v) is 3.50. The average Bonchev–Trinajstić information content (AvgIpc) is 2.14. The van der Waals surface area contributed by atoms with E-state index in [9.17, 15) is 9.59 Å². The standard InChI is InChI=1S/C6H12N2O4S2/c7-5(1-13,3(9)10)6(8,2-14)4(11)12/h13-14H,1-2,7-8H2,(H,9,10)(H,11,12). The van der Waals surface area contributed by atoms with Crippen molar-refractivity contribution >= 4 is 37.2 Å². The SMILES string of the molecule is NC(CS)(C(=O)O)C(N)(CS)C(=O)O. The molecular formula is C6H12N2O4S2. The molecule has 14 heavy (non-hydrogen) atoms. The highest BCUT2D eigenvalue weighted by Gasteiger charge is 2.55. The van der Waals surface area contributed by atoms with Gasteiger partial charge in [0.2, 0.25) is 0 Å². The van der Waals surface area contributed by atoms with E-state index in [-0.39, 0.29) is 0 Å². The lowest BCUT2D eigenvalue weighted by Crippen LogP contribution is -2.75. The number of aliphatic carboxylic acids is 2. The predicted octanol–water partition coefficient (Wildman–Crippen LogP) is -1.59. The van der Waals surface area contributed by atoms with Crippen LogP contribution in [-0.2, 0) is 9.59 Å². The summed E-state index contributed by atoms with van der Waals surface area (Å²) in [5.74, 6) is -3.84. The second kappa shape index (κ2) is 4.39. The highest BCUT2D eigenvalue weighted by Crippen LogP contribution is 2.21. The van der Waals surface area contributed by atoms with Crippen molar-refractivity contribution in [3.05, 3.63) is 0 Å². The maximum Gasteiger partial charge on any atom is 0.327 e. The summed E-state index contributed by atoms with van der Waals surface area (Å²) in [5, 5.41) is 17.6. The Morgan fingerprint density at radius 3 is 1.29 bits per heavy atom. The fraction of sp³-hybridized carbons (Fsp3) is 0.667. The predicted molar refractivity (Wildman–Crippen MR) is 56.8 cm³/mol. The topological polar surface area (TPSA) is 127 Å². The van der Waals surface area contributed by atoms with Crippen LogP contribution in [0.3, 0.4) is 0 Å². The number of carbonyl (C=O) groups is 2. The maximum absolute atomic E-state index is 10.8. The van der Waals surface area contributed by atoms with Crippen LogP contribution in [0, 0.1) is 0 Å². The van der Waals surface area contributed by atoms with Crippen molar-refractivity contribution in [3.63, 3.8) is 0 Å². The summed E-state index contributed by atoms with van der Waals surface area (Å²) in [7, 11) is 0. The molecule has 0 radical (unpaired) electrons. The molecule has 2 unspecified atom stereocenters. The van der Waals surface area contributed by atoms with E-state index < -0.39 is 34.5 Å². The zero-order valence-electron chi connectivity index (χ0n) is 7.17. The van der Waals surface area contributed by atoms with Crippen molar-refractivity contribution in [2.24, 2.45) is 11.5 Å². The smallest absolute Gasteiger partial charge is 0.327 e. The normalized spacial score (nSPS) is 19.4. The van der Waals surface area contributed by atoms with E-state index in [1.165, 1.54) is 0 Å². The summed E-state index contributed by atoms with van der Waals surface area (Å²) in [6.07, 6.45) is 0. The van der Waals surface area contributed by atoms with Crippen LogP contribution in [0.4, 0.5) is 0 Å². The Bertz CT molecular complexity index is 236. The van der Waals surface area contributed by atoms with E-state index in [4.69, 9.17) is 21.7 Å². The van der Waals surface area contributed by atoms with Crippen LogP contribution in [0.2, 0.25) is 0 Å². The van der Waals surface area contributed by atoms with Crippen LogP contribution >= 0.6 is 25.3 Å². The molecule has 0 heterocycles. The molecule has 0 aliphatic heterocycles. The van der Waals surface area contributed by atoms with Gasteiger partial charge in [-0.2, -0.15) is 25.3 Å². The van der Waals surface area contributed by atoms with Gasteiger partial charge in [0, 0.05) is 11.5 Å². The van der Waals surface area contributed by atoms with Gasteiger partial charge in [0.15, 0.2) is 11.1 Å². The van der Waals surface area contributed by atoms with Crippen molar-refractivity contribution in [2.45, 2.75) is 11.1 Å². The van der Waals surface area contributed by atoms with Gasteiger partial charge in [-0.25, -0.2) is 0 Å². The van der Waals surface area contributed by atoms with Gasteiger partial charge in [-0.05, 0) is 0 Å². The van der Waals surface area contributed by atoms with Gasteiger partial charge in [0.25, 0.3) is 0 Å². The molecule has 0 aliphatic carbocycles. The highest BCUT2D eigenvalue weighted by atomic mass is 32.1. The number of carboxylic acid groups (broad SMARTS) is 2. The zero-order valence-corrected chi connectivity index (χ0v) is 8.96. The van der Waals surface area contributed by atoms with Gasteiger partial charge >= 0.3 is 11.9 Å². The molecule has 0 fully saturated rings. The molecule has 0 aromatic carbocycles. The number of nitrogens with two attached hydrogens (primary N) is 2. The first-order valence-corrected chi connectivity index (χ1v) is 4.79. The first-order valence-electron chi connectivity index (χ1n) is 3.52. The summed E-state index contributed by atoms with van der Waals surface area (Å²) in [5.41, 5.74) is 6.50. The summed E-state index contributed by atoms with van der Waals surface area (Å²) in [4.78, 5) is 21.6. The van der Waals surface area contributed by atoms with Gasteiger partial charge in [0.05, 0.1) is 0 Å². The van der Waals surface area contributed by atoms with Crippen LogP contribution < -0.4 is 11.5 Å². The molecule has 0 bridgehead atoms. The molecule has 82 valence electrons. The largest absolute Gasteiger partial charge is 0.480 e. The monoisotopic (exact) mass is 240 g/mol. The van der Waals surface area contributed by atoms with Crippen LogP contribution in [-0.4, -0.2) is 44.7 Å². The van der Waals surface area contributed by atoms with E-state index >= 15 is 0 Å². The number of thiol groups is 2. The van der Waals surface area contributed by atoms with Crippen molar-refractivity contribution in [3.8, 4) is 0 Å². The summed E-state index contributed by atoms with van der Waals surface area (Å²) < 4.78 is 0. The van der Waals surface area contributed by atoms with Gasteiger partial charge in [-0.15, -0.1) is 0 Å². The Morgan fingerprint density at radius 1 is 1.00 bits per heavy atom. The van der Waals surface area contributed by atoms with Crippen molar-refractivity contribution in [1.82, 2.24) is 0 Å². The fourth-order valence-electron chi connectivity index (χ4n) is 0.799. The molecule has 0 spiro atoms. The minimum atomic E-state index is -2.15. The van der Waals surface area contributed by atoms with Gasteiger partial charge in [0.1, 0.15) is 0 Å². The summed E-state index contributed by atoms with van der Waals surface area (Å²) in [6.45, 7) is 0. The Hall–Kier alpha value is -0.440. The number of carboxylic acids is 2. The number of hydrogen-bond acceptors (Lipinski definition) is 6. The first-order chi connectivity index (χ1) is 6.26. The molecule has 0 aromatic rings. The summed E-state index contributed by atoms with van der Waals surface area (Å²) >= 11 is 7.40. The van der Waals surface area contributed by atoms with Gasteiger partial charge in [-0.3, -0.25) is 9.59 Å². The maximum atomic E-state index is 10.8. The van der Waals surface area contributed by atoms with Gasteiger partial charge in [-0.1, -0.05) is 0 Å². The molecule has 0 saturated carbocycles. The van der Waals surface area contributed by atoms with E-state index in [1.54, 1.807) is 0 Å². The van der Waals surface area contributed by atoms with Crippen molar-refractivity contribution in [2.75, 3.05) is 11.5 Å².